The normalized spacial score (nSPS) is 30.2. The SMILES string of the molecule is COc1cc([C@@H]2c3cc4c(cc3[C@@H](OC3OC5COC(C)OC5C(O)C3O)[C@H]3COC(=O)[C@H]23)OCO4)cc(OC)c1OC(=O)NCCSSCCNC(C)=O.COc1cc([C@@H]2c3cc4c(cc3[C@@H](OC3OC5COC(C)OC5C(O)C3O)[C@H]3COC(=O)[C@H]23)OCO4)cc(OC)c1OC(=O)NCCSSCC[NH3+].[2H]CP.[Cl-]. The number of hydrogen-bond donors (Lipinski definition) is 8. The van der Waals surface area contributed by atoms with Gasteiger partial charge in [0.25, 0.3) is 0 Å². The zero-order valence-electron chi connectivity index (χ0n) is 62.1. The number of cyclic esters (lactones) is 2. The average Bonchev–Trinajstić information content (AvgIpc) is 1.74. The zero-order chi connectivity index (χ0) is 78.0. The van der Waals surface area contributed by atoms with Crippen molar-refractivity contribution in [1.29, 1.82) is 0 Å². The second-order valence-corrected chi connectivity index (χ2v) is 31.6. The molecule has 21 atom stereocenters. The number of esters is 2. The molecule has 606 valence electrons. The number of hydrogen-bond acceptors (Lipinski definition) is 33. The van der Waals surface area contributed by atoms with Crippen LogP contribution in [0.2, 0.25) is 0 Å². The van der Waals surface area contributed by atoms with Crippen LogP contribution in [0.4, 0.5) is 9.59 Å². The van der Waals surface area contributed by atoms with Gasteiger partial charge in [0.2, 0.25) is 31.0 Å². The topological polar surface area (TPSA) is 415 Å². The fourth-order valence-electron chi connectivity index (χ4n) is 14.9. The minimum absolute atomic E-state index is 0. The maximum Gasteiger partial charge on any atom is 0.412 e. The van der Waals surface area contributed by atoms with Crippen molar-refractivity contribution in [3.8, 4) is 57.5 Å². The number of carbonyl (C=O) groups is 5. The van der Waals surface area contributed by atoms with E-state index < -0.39 is 146 Å². The van der Waals surface area contributed by atoms with Crippen LogP contribution in [0.1, 0.15) is 79.6 Å². The molecule has 8 heterocycles. The number of benzene rings is 4. The Balaban J connectivity index is 0.000000211. The molecule has 0 saturated carbocycles. The van der Waals surface area contributed by atoms with Crippen LogP contribution in [0.15, 0.2) is 48.5 Å². The van der Waals surface area contributed by atoms with Crippen LogP contribution in [-0.2, 0) is 61.8 Å². The Hall–Kier alpha value is -6.17. The zero-order valence-corrected chi connectivity index (χ0v) is 66.2. The van der Waals surface area contributed by atoms with E-state index in [1.165, 1.54) is 35.4 Å². The molecule has 2 aliphatic carbocycles. The first kappa shape index (κ1) is 83.3. The van der Waals surface area contributed by atoms with E-state index in [4.69, 9.17) is 96.1 Å². The Morgan fingerprint density at radius 3 is 1.24 bits per heavy atom. The molecule has 33 nitrogen and oxygen atoms in total. The number of ether oxygens (including phenoxy) is 20. The van der Waals surface area contributed by atoms with E-state index in [0.717, 1.165) is 18.1 Å². The van der Waals surface area contributed by atoms with Crippen LogP contribution in [-0.4, -0.2) is 249 Å². The van der Waals surface area contributed by atoms with Crippen LogP contribution in [0.5, 0.6) is 57.5 Å². The van der Waals surface area contributed by atoms with Gasteiger partial charge in [-0.3, -0.25) is 14.4 Å². The molecule has 8 aliphatic heterocycles. The van der Waals surface area contributed by atoms with E-state index >= 15 is 0 Å². The number of methoxy groups -OCH3 is 4. The van der Waals surface area contributed by atoms with Crippen LogP contribution in [0, 0.1) is 23.7 Å². The summed E-state index contributed by atoms with van der Waals surface area (Å²) in [6, 6.07) is 13.9. The molecular weight excluding hydrogens is 1570 g/mol. The second kappa shape index (κ2) is 38.8. The van der Waals surface area contributed by atoms with Crippen molar-refractivity contribution in [3.05, 3.63) is 81.9 Å². The van der Waals surface area contributed by atoms with Crippen molar-refractivity contribution in [2.75, 3.05) is 124 Å². The summed E-state index contributed by atoms with van der Waals surface area (Å²) in [5.41, 5.74) is 7.63. The van der Waals surface area contributed by atoms with E-state index in [1.54, 1.807) is 106 Å². The summed E-state index contributed by atoms with van der Waals surface area (Å²) >= 11 is 0. The first-order valence-electron chi connectivity index (χ1n) is 35.9. The smallest absolute Gasteiger partial charge is 0.412 e. The number of nitrogens with one attached hydrogen (secondary N) is 3. The molecule has 0 aromatic heterocycles. The van der Waals surface area contributed by atoms with Crippen molar-refractivity contribution in [3.63, 3.8) is 0 Å². The Labute approximate surface area is 659 Å². The van der Waals surface area contributed by atoms with Gasteiger partial charge in [-0.15, -0.1) is 9.24 Å². The Morgan fingerprint density at radius 1 is 0.527 bits per heavy atom. The lowest BCUT2D eigenvalue weighted by atomic mass is 9.66. The van der Waals surface area contributed by atoms with Crippen molar-refractivity contribution >= 4 is 82.4 Å². The summed E-state index contributed by atoms with van der Waals surface area (Å²) in [4.78, 5) is 64.1. The van der Waals surface area contributed by atoms with Crippen LogP contribution in [0.25, 0.3) is 0 Å². The lowest BCUT2D eigenvalue weighted by Crippen LogP contribution is -3.00. The van der Waals surface area contributed by atoms with Gasteiger partial charge in [-0.1, -0.05) is 49.8 Å². The van der Waals surface area contributed by atoms with Gasteiger partial charge in [0.05, 0.1) is 91.2 Å². The monoisotopic (exact) mass is 1660 g/mol. The highest BCUT2D eigenvalue weighted by Gasteiger charge is 2.59. The molecule has 3 amide bonds. The van der Waals surface area contributed by atoms with Gasteiger partial charge < -0.3 is 149 Å². The van der Waals surface area contributed by atoms with Gasteiger partial charge in [-0.05, 0) is 95.8 Å². The molecular formula is C71H92ClN4O29PS4. The highest BCUT2D eigenvalue weighted by Crippen LogP contribution is 2.60. The predicted octanol–water partition coefficient (Wildman–Crippen LogP) is 1.08. The number of fused-ring (bicyclic) bond motifs is 8. The lowest BCUT2D eigenvalue weighted by molar-refractivity contribution is -0.364. The molecule has 0 bridgehead atoms. The number of aliphatic hydroxyl groups excluding tert-OH is 4. The Kier molecular flexibility index (Phi) is 29.3. The van der Waals surface area contributed by atoms with Crippen LogP contribution < -0.4 is 81.5 Å². The third-order valence-electron chi connectivity index (χ3n) is 19.7. The number of halogens is 1. The van der Waals surface area contributed by atoms with Gasteiger partial charge in [0.15, 0.2) is 71.2 Å². The quantitative estimate of drug-likeness (QED) is 0.0199. The molecule has 4 aromatic rings. The van der Waals surface area contributed by atoms with Gasteiger partial charge in [-0.2, -0.15) is 0 Å². The maximum atomic E-state index is 13.7. The summed E-state index contributed by atoms with van der Waals surface area (Å²) in [5, 5.41) is 52.6. The number of amides is 3. The maximum absolute atomic E-state index is 13.7. The highest BCUT2D eigenvalue weighted by molar-refractivity contribution is 8.77. The summed E-state index contributed by atoms with van der Waals surface area (Å²) in [7, 11) is 14.4. The summed E-state index contributed by atoms with van der Waals surface area (Å²) in [6.07, 6.45) is -15.5. The van der Waals surface area contributed by atoms with Gasteiger partial charge >= 0.3 is 24.1 Å². The second-order valence-electron chi connectivity index (χ2n) is 26.2. The standard InChI is InChI=1S/C36H44N2O15S2.C34H42N2O14S2.CH5P.ClH/c1-16(39)37-5-7-54-55-8-6-38-36(43)53-32-24(44-3)9-18(10-25(32)45-4)27-19-11-22-23(49-15-48-22)12-20(19)31(21-13-47-34(42)28(21)27)52-35-30(41)29(40)33-26(51-35)14-46-17(2)50-33;1-15-43-13-24-31(47-15)27(37)28(38)33(48-24)49-29-18-11-21-20(45-14-46-21)10-17(18)25(26-19(29)12-44-32(26)39)16-8-22(41-2)30(23(9-16)42-3)50-34(40)36-5-7-52-51-6-4-35;1-2;/h9-12,17,21,26-31,33,35,40-41H,5-8,13-15H2,1-4H3,(H,37,39)(H,38,43);8-11,15,19,24-29,31,33,37-38H,4-7,12-14,35H2,1-3H3,(H,36,40);2H2,1H3;1H/t17?,21-,26?,27+,28-,29?,30?,31+,33?,35?;15?,19-,24?,25+,26-,27?,28?,29+,31?,33?;;/m00../s1/i;;1D;. The number of quaternary nitrogens is 1. The van der Waals surface area contributed by atoms with Gasteiger partial charge in [0, 0.05) is 68.9 Å². The molecule has 6 saturated heterocycles. The van der Waals surface area contributed by atoms with Crippen molar-refractivity contribution in [2.24, 2.45) is 23.7 Å². The lowest BCUT2D eigenvalue weighted by Gasteiger charge is -2.47. The highest BCUT2D eigenvalue weighted by atomic mass is 35.5. The average molecular weight is 1660 g/mol. The summed E-state index contributed by atoms with van der Waals surface area (Å²) in [6.45, 7) is 7.65. The third kappa shape index (κ3) is 18.5. The molecule has 13 unspecified atom stereocenters. The van der Waals surface area contributed by atoms with Gasteiger partial charge in [-0.25, -0.2) is 9.59 Å². The molecule has 0 radical (unpaired) electrons. The van der Waals surface area contributed by atoms with E-state index in [0.29, 0.717) is 94.2 Å². The summed E-state index contributed by atoms with van der Waals surface area (Å²) < 4.78 is 123. The molecule has 39 heteroatoms. The fraction of sp³-hybridized carbons (Fsp3) is 0.592. The molecule has 6 fully saturated rings. The Morgan fingerprint density at radius 2 is 0.882 bits per heavy atom. The summed E-state index contributed by atoms with van der Waals surface area (Å²) in [5.74, 6) is 0.747. The van der Waals surface area contributed by atoms with E-state index in [9.17, 15) is 44.4 Å². The molecule has 4 aromatic carbocycles. The largest absolute Gasteiger partial charge is 1.00 e. The molecule has 110 heavy (non-hydrogen) atoms. The minimum atomic E-state index is -1.48. The molecule has 14 rings (SSSR count). The van der Waals surface area contributed by atoms with Gasteiger partial charge in [0.1, 0.15) is 48.8 Å². The minimum Gasteiger partial charge on any atom is -1.00 e. The van der Waals surface area contributed by atoms with Crippen molar-refractivity contribution in [1.82, 2.24) is 16.0 Å². The third-order valence-corrected chi connectivity index (χ3v) is 24.6. The van der Waals surface area contributed by atoms with E-state index in [1.807, 2.05) is 0 Å². The van der Waals surface area contributed by atoms with Crippen molar-refractivity contribution < 1.29 is 159 Å². The first-order chi connectivity index (χ1) is 53.2. The Bertz CT molecular complexity index is 3860. The van der Waals surface area contributed by atoms with Crippen LogP contribution >= 0.6 is 52.4 Å². The fourth-order valence-corrected chi connectivity index (χ4v) is 18.5. The van der Waals surface area contributed by atoms with Crippen LogP contribution in [0.3, 0.4) is 0 Å². The van der Waals surface area contributed by atoms with E-state index in [2.05, 4.69) is 30.9 Å². The molecule has 0 spiro atoms. The predicted molar refractivity (Wildman–Crippen MR) is 393 cm³/mol. The van der Waals surface area contributed by atoms with Crippen molar-refractivity contribution in [2.45, 2.75) is 119 Å². The number of carbonyl (C=O) groups excluding carboxylic acids is 5. The first-order valence-corrected chi connectivity index (χ1v) is 41.0. The number of rotatable bonds is 25. The number of aliphatic hydroxyl groups is 4. The molecule has 10 aliphatic rings. The molecule has 10 N–H and O–H groups in total. The van der Waals surface area contributed by atoms with E-state index in [-0.39, 0.29) is 92.8 Å².